The van der Waals surface area contributed by atoms with Gasteiger partial charge in [-0.15, -0.1) is 0 Å². The lowest BCUT2D eigenvalue weighted by Gasteiger charge is -2.22. The van der Waals surface area contributed by atoms with Gasteiger partial charge in [-0.25, -0.2) is 13.1 Å². The van der Waals surface area contributed by atoms with Crippen LogP contribution in [0, 0.1) is 16.0 Å². The fourth-order valence-electron chi connectivity index (χ4n) is 2.94. The zero-order valence-electron chi connectivity index (χ0n) is 15.4. The van der Waals surface area contributed by atoms with E-state index in [0.717, 1.165) is 18.9 Å². The van der Waals surface area contributed by atoms with Crippen LogP contribution in [0.2, 0.25) is 0 Å². The number of nitrogens with zero attached hydrogens (tertiary/aromatic N) is 2. The normalized spacial score (nSPS) is 16.8. The molecule has 0 bridgehead atoms. The number of carbonyl (C=O) groups is 1. The Morgan fingerprint density at radius 3 is 2.83 bits per heavy atom. The predicted octanol–water partition coefficient (Wildman–Crippen LogP) is 1.95. The molecule has 0 aliphatic carbocycles. The summed E-state index contributed by atoms with van der Waals surface area (Å²) >= 11 is 0. The topological polar surface area (TPSA) is 141 Å². The molecule has 29 heavy (non-hydrogen) atoms. The van der Waals surface area contributed by atoms with Gasteiger partial charge in [-0.05, 0) is 43.0 Å². The molecule has 1 aromatic carbocycles. The second kappa shape index (κ2) is 8.97. The first kappa shape index (κ1) is 20.7. The van der Waals surface area contributed by atoms with Gasteiger partial charge in [0.2, 0.25) is 0 Å². The van der Waals surface area contributed by atoms with Crippen molar-refractivity contribution in [2.75, 3.05) is 25.1 Å². The third kappa shape index (κ3) is 5.27. The average Bonchev–Trinajstić information content (AvgIpc) is 2.73. The lowest BCUT2D eigenvalue weighted by Crippen LogP contribution is -2.30. The average molecular weight is 420 g/mol. The Bertz CT molecular complexity index is 991. The molecular weight excluding hydrogens is 400 g/mol. The van der Waals surface area contributed by atoms with Crippen LogP contribution in [-0.4, -0.2) is 44.0 Å². The van der Waals surface area contributed by atoms with Crippen molar-refractivity contribution in [3.63, 3.8) is 0 Å². The number of carbonyl (C=O) groups excluding carboxylic acids is 1. The highest BCUT2D eigenvalue weighted by Crippen LogP contribution is 2.28. The number of ether oxygens (including phenoxy) is 1. The van der Waals surface area contributed by atoms with E-state index in [1.165, 1.54) is 36.7 Å². The standard InChI is InChI=1S/C18H20N4O6S/c23-18(14-4-1-7-19-11-14)21-29(26,27)15-5-6-16(17(9-15)22(24)25)20-10-13-3-2-8-28-12-13/h1,4-7,9,11,13,20H,2-3,8,10,12H2,(H,21,23). The first-order valence-electron chi connectivity index (χ1n) is 8.94. The van der Waals surface area contributed by atoms with Gasteiger partial charge < -0.3 is 10.1 Å². The summed E-state index contributed by atoms with van der Waals surface area (Å²) in [6, 6.07) is 6.36. The Morgan fingerprint density at radius 2 is 2.17 bits per heavy atom. The van der Waals surface area contributed by atoms with Gasteiger partial charge in [-0.3, -0.25) is 19.9 Å². The number of benzene rings is 1. The van der Waals surface area contributed by atoms with E-state index in [1.54, 1.807) is 0 Å². The van der Waals surface area contributed by atoms with Crippen molar-refractivity contribution in [1.29, 1.82) is 0 Å². The molecule has 0 radical (unpaired) electrons. The maximum absolute atomic E-state index is 12.5. The minimum absolute atomic E-state index is 0.0542. The summed E-state index contributed by atoms with van der Waals surface area (Å²) in [5.74, 6) is -0.647. The second-order valence-electron chi connectivity index (χ2n) is 6.58. The Morgan fingerprint density at radius 1 is 1.34 bits per heavy atom. The van der Waals surface area contributed by atoms with E-state index in [1.807, 2.05) is 4.72 Å². The minimum Gasteiger partial charge on any atom is -0.381 e. The molecule has 1 aromatic heterocycles. The summed E-state index contributed by atoms with van der Waals surface area (Å²) < 4.78 is 32.3. The number of rotatable bonds is 7. The van der Waals surface area contributed by atoms with Crippen molar-refractivity contribution >= 4 is 27.3 Å². The van der Waals surface area contributed by atoms with Crippen molar-refractivity contribution < 1.29 is 22.9 Å². The number of amides is 1. The molecule has 2 heterocycles. The van der Waals surface area contributed by atoms with Crippen LogP contribution >= 0.6 is 0 Å². The summed E-state index contributed by atoms with van der Waals surface area (Å²) in [5.41, 5.74) is -0.130. The van der Waals surface area contributed by atoms with Gasteiger partial charge in [-0.1, -0.05) is 0 Å². The molecule has 1 aliphatic heterocycles. The van der Waals surface area contributed by atoms with Crippen LogP contribution in [0.1, 0.15) is 23.2 Å². The molecule has 1 saturated heterocycles. The largest absolute Gasteiger partial charge is 0.381 e. The van der Waals surface area contributed by atoms with Crippen LogP contribution in [0.25, 0.3) is 0 Å². The van der Waals surface area contributed by atoms with Gasteiger partial charge in [0.1, 0.15) is 5.69 Å². The van der Waals surface area contributed by atoms with Gasteiger partial charge in [0.15, 0.2) is 0 Å². The molecule has 1 atom stereocenters. The van der Waals surface area contributed by atoms with E-state index in [-0.39, 0.29) is 22.1 Å². The van der Waals surface area contributed by atoms with E-state index in [2.05, 4.69) is 10.3 Å². The minimum atomic E-state index is -4.30. The molecule has 1 fully saturated rings. The maximum atomic E-state index is 12.5. The molecule has 2 aromatic rings. The van der Waals surface area contributed by atoms with Gasteiger partial charge in [0, 0.05) is 31.6 Å². The lowest BCUT2D eigenvalue weighted by atomic mass is 10.0. The molecular formula is C18H20N4O6S. The van der Waals surface area contributed by atoms with E-state index in [0.29, 0.717) is 19.8 Å². The lowest BCUT2D eigenvalue weighted by molar-refractivity contribution is -0.384. The zero-order valence-corrected chi connectivity index (χ0v) is 16.2. The third-order valence-corrected chi connectivity index (χ3v) is 5.79. The first-order valence-corrected chi connectivity index (χ1v) is 10.4. The molecule has 0 spiro atoms. The predicted molar refractivity (Wildman–Crippen MR) is 104 cm³/mol. The molecule has 3 rings (SSSR count). The fourth-order valence-corrected chi connectivity index (χ4v) is 3.93. The number of nitrogens with one attached hydrogen (secondary N) is 2. The number of pyridine rings is 1. The number of aromatic nitrogens is 1. The van der Waals surface area contributed by atoms with E-state index in [9.17, 15) is 23.3 Å². The highest BCUT2D eigenvalue weighted by Gasteiger charge is 2.24. The zero-order chi connectivity index (χ0) is 20.9. The summed E-state index contributed by atoms with van der Waals surface area (Å²) in [7, 11) is -4.30. The van der Waals surface area contributed by atoms with E-state index >= 15 is 0 Å². The van der Waals surface area contributed by atoms with Crippen LogP contribution in [0.4, 0.5) is 11.4 Å². The Hall–Kier alpha value is -3.05. The van der Waals surface area contributed by atoms with Gasteiger partial charge in [0.25, 0.3) is 21.6 Å². The third-order valence-electron chi connectivity index (χ3n) is 4.46. The maximum Gasteiger partial charge on any atom is 0.293 e. The Balaban J connectivity index is 1.77. The van der Waals surface area contributed by atoms with Crippen molar-refractivity contribution in [2.24, 2.45) is 5.92 Å². The van der Waals surface area contributed by atoms with Crippen LogP contribution in [0.5, 0.6) is 0 Å². The molecule has 10 nitrogen and oxygen atoms in total. The summed E-state index contributed by atoms with van der Waals surface area (Å²) in [5, 5.41) is 14.4. The highest BCUT2D eigenvalue weighted by molar-refractivity contribution is 7.90. The number of hydrogen-bond donors (Lipinski definition) is 2. The van der Waals surface area contributed by atoms with Crippen LogP contribution in [0.15, 0.2) is 47.6 Å². The van der Waals surface area contributed by atoms with Crippen LogP contribution in [0.3, 0.4) is 0 Å². The smallest absolute Gasteiger partial charge is 0.293 e. The number of nitro groups is 1. The Labute approximate surface area is 167 Å². The number of hydrogen-bond acceptors (Lipinski definition) is 8. The van der Waals surface area contributed by atoms with Crippen LogP contribution in [-0.2, 0) is 14.8 Å². The van der Waals surface area contributed by atoms with Crippen molar-refractivity contribution in [3.05, 3.63) is 58.4 Å². The molecule has 2 N–H and O–H groups in total. The fraction of sp³-hybridized carbons (Fsp3) is 0.333. The molecule has 154 valence electrons. The van der Waals surface area contributed by atoms with Crippen molar-refractivity contribution in [1.82, 2.24) is 9.71 Å². The second-order valence-corrected chi connectivity index (χ2v) is 8.26. The molecule has 0 saturated carbocycles. The molecule has 1 unspecified atom stereocenters. The van der Waals surface area contributed by atoms with Crippen LogP contribution < -0.4 is 10.0 Å². The monoisotopic (exact) mass is 420 g/mol. The van der Waals surface area contributed by atoms with Gasteiger partial charge in [-0.2, -0.15) is 0 Å². The summed E-state index contributed by atoms with van der Waals surface area (Å²) in [6.07, 6.45) is 4.55. The molecule has 1 amide bonds. The number of nitro benzene ring substituents is 1. The first-order chi connectivity index (χ1) is 13.9. The van der Waals surface area contributed by atoms with E-state index < -0.39 is 26.5 Å². The SMILES string of the molecule is O=C(NS(=O)(=O)c1ccc(NCC2CCCOC2)c([N+](=O)[O-])c1)c1cccnc1. The molecule has 1 aliphatic rings. The van der Waals surface area contributed by atoms with Crippen molar-refractivity contribution in [2.45, 2.75) is 17.7 Å². The van der Waals surface area contributed by atoms with Gasteiger partial charge >= 0.3 is 0 Å². The summed E-state index contributed by atoms with van der Waals surface area (Å²) in [6.45, 7) is 1.77. The molecule has 11 heteroatoms. The van der Waals surface area contributed by atoms with Gasteiger partial charge in [0.05, 0.1) is 22.0 Å². The quantitative estimate of drug-likeness (QED) is 0.511. The van der Waals surface area contributed by atoms with Crippen molar-refractivity contribution in [3.8, 4) is 0 Å². The van der Waals surface area contributed by atoms with E-state index in [4.69, 9.17) is 4.74 Å². The number of anilines is 1. The number of sulfonamides is 1. The Kier molecular flexibility index (Phi) is 6.39. The highest BCUT2D eigenvalue weighted by atomic mass is 32.2. The summed E-state index contributed by atoms with van der Waals surface area (Å²) in [4.78, 5) is 26.3.